The number of thioether (sulfide) groups is 1. The first-order valence-corrected chi connectivity index (χ1v) is 11.5. The lowest BCUT2D eigenvalue weighted by molar-refractivity contribution is 0.589. The van der Waals surface area contributed by atoms with Crippen molar-refractivity contribution < 1.29 is 8.42 Å². The van der Waals surface area contributed by atoms with E-state index < -0.39 is 15.1 Å². The summed E-state index contributed by atoms with van der Waals surface area (Å²) in [6, 6.07) is 15.8. The van der Waals surface area contributed by atoms with Gasteiger partial charge in [-0.2, -0.15) is 5.26 Å². The van der Waals surface area contributed by atoms with Crippen molar-refractivity contribution in [1.29, 1.82) is 5.26 Å². The van der Waals surface area contributed by atoms with E-state index in [1.807, 2.05) is 31.2 Å². The van der Waals surface area contributed by atoms with Gasteiger partial charge >= 0.3 is 0 Å². The van der Waals surface area contributed by atoms with Crippen molar-refractivity contribution in [2.75, 3.05) is 5.75 Å². The Balaban J connectivity index is 2.16. The Labute approximate surface area is 169 Å². The van der Waals surface area contributed by atoms with Crippen molar-refractivity contribution in [3.63, 3.8) is 0 Å². The minimum atomic E-state index is -3.93. The van der Waals surface area contributed by atoms with Crippen LogP contribution in [0.25, 0.3) is 11.0 Å². The molecular formula is C21H21N3O2S2. The molecule has 144 valence electrons. The van der Waals surface area contributed by atoms with Gasteiger partial charge in [-0.1, -0.05) is 43.7 Å². The highest BCUT2D eigenvalue weighted by molar-refractivity contribution is 7.99. The maximum atomic E-state index is 13.2. The average molecular weight is 412 g/mol. The first-order chi connectivity index (χ1) is 13.3. The highest BCUT2D eigenvalue weighted by Crippen LogP contribution is 2.34. The van der Waals surface area contributed by atoms with E-state index in [0.29, 0.717) is 22.0 Å². The summed E-state index contributed by atoms with van der Waals surface area (Å²) < 4.78 is 26.4. The van der Waals surface area contributed by atoms with Gasteiger partial charge < -0.3 is 0 Å². The molecule has 3 rings (SSSR count). The third kappa shape index (κ3) is 4.18. The number of hydrogen-bond donors (Lipinski definition) is 0. The SMILES string of the molecule is Cc1ccc(S(=O)(=O)[C@H](C#N)c2nc3ccccc3nc2SCC(C)C)cc1. The molecule has 0 N–H and O–H groups in total. The molecule has 0 bridgehead atoms. The van der Waals surface area contributed by atoms with Gasteiger partial charge in [-0.3, -0.25) is 0 Å². The van der Waals surface area contributed by atoms with Gasteiger partial charge in [-0.15, -0.1) is 11.8 Å². The Morgan fingerprint density at radius 2 is 1.64 bits per heavy atom. The third-order valence-corrected chi connectivity index (χ3v) is 7.43. The first kappa shape index (κ1) is 20.3. The lowest BCUT2D eigenvalue weighted by atomic mass is 10.2. The summed E-state index contributed by atoms with van der Waals surface area (Å²) in [6.45, 7) is 6.03. The Hall–Kier alpha value is -2.43. The molecule has 0 aliphatic rings. The van der Waals surface area contributed by atoms with Gasteiger partial charge in [0.2, 0.25) is 0 Å². The van der Waals surface area contributed by atoms with Crippen molar-refractivity contribution in [2.45, 2.75) is 35.9 Å². The molecule has 0 unspecified atom stereocenters. The van der Waals surface area contributed by atoms with Gasteiger partial charge in [0.15, 0.2) is 15.1 Å². The van der Waals surface area contributed by atoms with Crippen molar-refractivity contribution in [3.8, 4) is 6.07 Å². The van der Waals surface area contributed by atoms with Gasteiger partial charge in [0, 0.05) is 5.75 Å². The second kappa shape index (κ2) is 8.29. The molecule has 0 saturated heterocycles. The number of aromatic nitrogens is 2. The lowest BCUT2D eigenvalue weighted by Crippen LogP contribution is -2.16. The van der Waals surface area contributed by atoms with Crippen LogP contribution in [0.15, 0.2) is 58.5 Å². The molecule has 0 amide bonds. The number of benzene rings is 2. The highest BCUT2D eigenvalue weighted by atomic mass is 32.2. The number of nitrogens with zero attached hydrogens (tertiary/aromatic N) is 3. The number of aryl methyl sites for hydroxylation is 1. The zero-order valence-electron chi connectivity index (χ0n) is 16.0. The van der Waals surface area contributed by atoms with E-state index >= 15 is 0 Å². The molecule has 1 heterocycles. The van der Waals surface area contributed by atoms with Crippen molar-refractivity contribution in [1.82, 2.24) is 9.97 Å². The van der Waals surface area contributed by atoms with Crippen molar-refractivity contribution in [2.24, 2.45) is 5.92 Å². The Morgan fingerprint density at radius 1 is 1.04 bits per heavy atom. The van der Waals surface area contributed by atoms with Crippen LogP contribution in [0.3, 0.4) is 0 Å². The van der Waals surface area contributed by atoms with Crippen LogP contribution in [0.2, 0.25) is 0 Å². The first-order valence-electron chi connectivity index (χ1n) is 8.92. The summed E-state index contributed by atoms with van der Waals surface area (Å²) in [5.41, 5.74) is 2.41. The number of hydrogen-bond acceptors (Lipinski definition) is 6. The molecule has 0 spiro atoms. The van der Waals surface area contributed by atoms with Gasteiger partial charge in [-0.25, -0.2) is 18.4 Å². The summed E-state index contributed by atoms with van der Waals surface area (Å²) in [5, 5.41) is 8.88. The van der Waals surface area contributed by atoms with Gasteiger partial charge in [-0.05, 0) is 37.1 Å². The number of para-hydroxylation sites is 2. The fourth-order valence-electron chi connectivity index (χ4n) is 2.66. The topological polar surface area (TPSA) is 83.7 Å². The normalized spacial score (nSPS) is 12.8. The second-order valence-electron chi connectivity index (χ2n) is 6.97. The van der Waals surface area contributed by atoms with Crippen LogP contribution in [0, 0.1) is 24.2 Å². The van der Waals surface area contributed by atoms with Crippen LogP contribution < -0.4 is 0 Å². The van der Waals surface area contributed by atoms with Crippen LogP contribution in [0.1, 0.15) is 30.4 Å². The van der Waals surface area contributed by atoms with Gasteiger partial charge in [0.25, 0.3) is 0 Å². The highest BCUT2D eigenvalue weighted by Gasteiger charge is 2.33. The third-order valence-electron chi connectivity index (χ3n) is 4.14. The van der Waals surface area contributed by atoms with E-state index in [1.165, 1.54) is 23.9 Å². The van der Waals surface area contributed by atoms with E-state index in [1.54, 1.807) is 18.2 Å². The standard InChI is InChI=1S/C21H21N3O2S2/c1-14(2)13-27-21-20(23-17-6-4-5-7-18(17)24-21)19(12-22)28(25,26)16-10-8-15(3)9-11-16/h4-11,14,19H,13H2,1-3H3/t19-/m1/s1. The fraction of sp³-hybridized carbons (Fsp3) is 0.286. The zero-order valence-corrected chi connectivity index (χ0v) is 17.6. The molecule has 0 aliphatic carbocycles. The molecule has 7 heteroatoms. The minimum Gasteiger partial charge on any atom is -0.246 e. The number of fused-ring (bicyclic) bond motifs is 1. The van der Waals surface area contributed by atoms with E-state index in [9.17, 15) is 13.7 Å². The quantitative estimate of drug-likeness (QED) is 0.546. The number of nitriles is 1. The smallest absolute Gasteiger partial charge is 0.200 e. The summed E-state index contributed by atoms with van der Waals surface area (Å²) in [5.74, 6) is 1.14. The molecule has 2 aromatic carbocycles. The Kier molecular flexibility index (Phi) is 6.01. The van der Waals surface area contributed by atoms with Crippen LogP contribution >= 0.6 is 11.8 Å². The number of sulfone groups is 1. The van der Waals surface area contributed by atoms with E-state index in [4.69, 9.17) is 0 Å². The van der Waals surface area contributed by atoms with Gasteiger partial charge in [0.1, 0.15) is 10.7 Å². The van der Waals surface area contributed by atoms with Crippen molar-refractivity contribution in [3.05, 3.63) is 59.8 Å². The second-order valence-corrected chi connectivity index (χ2v) is 10.0. The Morgan fingerprint density at radius 3 is 2.21 bits per heavy atom. The predicted molar refractivity (Wildman–Crippen MR) is 112 cm³/mol. The minimum absolute atomic E-state index is 0.111. The van der Waals surface area contributed by atoms with Crippen LogP contribution in [0.4, 0.5) is 0 Å². The molecule has 0 saturated carbocycles. The monoisotopic (exact) mass is 411 g/mol. The van der Waals surface area contributed by atoms with E-state index in [-0.39, 0.29) is 10.6 Å². The van der Waals surface area contributed by atoms with Gasteiger partial charge in [0.05, 0.1) is 22.0 Å². The summed E-state index contributed by atoms with van der Waals surface area (Å²) in [6.07, 6.45) is 0. The molecular weight excluding hydrogens is 390 g/mol. The van der Waals surface area contributed by atoms with E-state index in [0.717, 1.165) is 11.3 Å². The molecule has 0 aliphatic heterocycles. The fourth-order valence-corrected chi connectivity index (χ4v) is 5.09. The molecule has 0 radical (unpaired) electrons. The van der Waals surface area contributed by atoms with Crippen LogP contribution in [-0.2, 0) is 9.84 Å². The molecule has 0 fully saturated rings. The maximum Gasteiger partial charge on any atom is 0.200 e. The molecule has 3 aromatic rings. The van der Waals surface area contributed by atoms with Crippen LogP contribution in [0.5, 0.6) is 0 Å². The molecule has 5 nitrogen and oxygen atoms in total. The van der Waals surface area contributed by atoms with Crippen molar-refractivity contribution >= 4 is 32.6 Å². The van der Waals surface area contributed by atoms with E-state index in [2.05, 4.69) is 23.8 Å². The summed E-state index contributed by atoms with van der Waals surface area (Å²) in [7, 11) is -3.93. The average Bonchev–Trinajstić information content (AvgIpc) is 2.67. The predicted octanol–water partition coefficient (Wildman–Crippen LogP) is 4.72. The molecule has 1 aromatic heterocycles. The van der Waals surface area contributed by atoms with Crippen LogP contribution in [-0.4, -0.2) is 24.1 Å². The molecule has 1 atom stereocenters. The molecule has 28 heavy (non-hydrogen) atoms. The largest absolute Gasteiger partial charge is 0.246 e. The summed E-state index contributed by atoms with van der Waals surface area (Å²) >= 11 is 1.44. The maximum absolute atomic E-state index is 13.2. The summed E-state index contributed by atoms with van der Waals surface area (Å²) in [4.78, 5) is 9.28. The zero-order chi connectivity index (χ0) is 20.3. The number of rotatable bonds is 6. The Bertz CT molecular complexity index is 1130. The lowest BCUT2D eigenvalue weighted by Gasteiger charge is -2.15.